The van der Waals surface area contributed by atoms with Crippen molar-refractivity contribution in [3.63, 3.8) is 0 Å². The Morgan fingerprint density at radius 2 is 1.86 bits per heavy atom. The highest BCUT2D eigenvalue weighted by atomic mass is 79.9. The first-order valence-corrected chi connectivity index (χ1v) is 5.39. The molecule has 0 radical (unpaired) electrons. The number of hydrogen-bond acceptors (Lipinski definition) is 1. The minimum absolute atomic E-state index is 0.173. The quantitative estimate of drug-likeness (QED) is 0.782. The second kappa shape index (κ2) is 4.30. The third-order valence-electron chi connectivity index (χ3n) is 2.15. The largest absolute Gasteiger partial charge is 0.374 e. The Morgan fingerprint density at radius 3 is 2.21 bits per heavy atom. The summed E-state index contributed by atoms with van der Waals surface area (Å²) in [5.74, 6) is 0.171. The van der Waals surface area contributed by atoms with Crippen LogP contribution in [-0.4, -0.2) is 14.1 Å². The summed E-state index contributed by atoms with van der Waals surface area (Å²) < 4.78 is 14.5. The minimum atomic E-state index is -0.173. The van der Waals surface area contributed by atoms with E-state index in [0.717, 1.165) is 10.0 Å². The molecule has 0 aliphatic carbocycles. The maximum Gasteiger partial charge on any atom is 0.147 e. The van der Waals surface area contributed by atoms with Gasteiger partial charge in [-0.25, -0.2) is 4.39 Å². The highest BCUT2D eigenvalue weighted by Crippen LogP contribution is 2.31. The number of nitrogens with zero attached hydrogens (tertiary/aromatic N) is 1. The summed E-state index contributed by atoms with van der Waals surface area (Å²) in [4.78, 5) is 1.77. The Bertz CT molecular complexity index is 311. The molecular formula is C11H15BrFN. The van der Waals surface area contributed by atoms with Crippen LogP contribution in [-0.2, 0) is 0 Å². The van der Waals surface area contributed by atoms with Crippen molar-refractivity contribution in [1.29, 1.82) is 0 Å². The summed E-state index contributed by atoms with van der Waals surface area (Å²) in [6, 6.07) is 3.58. The zero-order valence-corrected chi connectivity index (χ0v) is 10.5. The van der Waals surface area contributed by atoms with Gasteiger partial charge in [-0.15, -0.1) is 0 Å². The standard InChI is InChI=1S/C11H15BrFN/c1-7(2)8-5-9(12)11(14(3)4)10(13)6-8/h5-7H,1-4H3. The molecule has 0 aliphatic heterocycles. The third-order valence-corrected chi connectivity index (χ3v) is 2.76. The molecule has 0 unspecified atom stereocenters. The van der Waals surface area contributed by atoms with Gasteiger partial charge in [-0.2, -0.15) is 0 Å². The van der Waals surface area contributed by atoms with Crippen molar-refractivity contribution in [2.45, 2.75) is 19.8 Å². The second-order valence-corrected chi connectivity index (χ2v) is 4.74. The molecule has 78 valence electrons. The molecule has 0 spiro atoms. The van der Waals surface area contributed by atoms with Crippen LogP contribution in [0, 0.1) is 5.82 Å². The Hall–Kier alpha value is -0.570. The lowest BCUT2D eigenvalue weighted by Crippen LogP contribution is -2.12. The lowest BCUT2D eigenvalue weighted by Gasteiger charge is -2.17. The van der Waals surface area contributed by atoms with E-state index in [4.69, 9.17) is 0 Å². The zero-order valence-electron chi connectivity index (χ0n) is 8.94. The van der Waals surface area contributed by atoms with E-state index in [9.17, 15) is 4.39 Å². The Labute approximate surface area is 93.0 Å². The van der Waals surface area contributed by atoms with Crippen LogP contribution < -0.4 is 4.90 Å². The van der Waals surface area contributed by atoms with E-state index in [-0.39, 0.29) is 5.82 Å². The van der Waals surface area contributed by atoms with Crippen LogP contribution in [0.1, 0.15) is 25.3 Å². The normalized spacial score (nSPS) is 10.8. The van der Waals surface area contributed by atoms with E-state index in [1.807, 2.05) is 20.2 Å². The number of anilines is 1. The molecule has 0 amide bonds. The fourth-order valence-electron chi connectivity index (χ4n) is 1.35. The summed E-state index contributed by atoms with van der Waals surface area (Å²) in [6.45, 7) is 4.10. The van der Waals surface area contributed by atoms with Gasteiger partial charge in [-0.3, -0.25) is 0 Å². The first kappa shape index (κ1) is 11.5. The summed E-state index contributed by atoms with van der Waals surface area (Å²) in [5.41, 5.74) is 1.62. The molecule has 1 nitrogen and oxygen atoms in total. The Balaban J connectivity index is 3.25. The van der Waals surface area contributed by atoms with Crippen molar-refractivity contribution in [3.8, 4) is 0 Å². The molecule has 0 bridgehead atoms. The van der Waals surface area contributed by atoms with Gasteiger partial charge >= 0.3 is 0 Å². The van der Waals surface area contributed by atoms with Gasteiger partial charge in [0.2, 0.25) is 0 Å². The van der Waals surface area contributed by atoms with Gasteiger partial charge in [0.25, 0.3) is 0 Å². The van der Waals surface area contributed by atoms with Crippen LogP contribution in [0.5, 0.6) is 0 Å². The molecule has 1 aromatic rings. The molecule has 0 saturated carbocycles. The molecule has 14 heavy (non-hydrogen) atoms. The summed E-state index contributed by atoms with van der Waals surface area (Å²) >= 11 is 3.39. The predicted molar refractivity (Wildman–Crippen MR) is 62.5 cm³/mol. The lowest BCUT2D eigenvalue weighted by molar-refractivity contribution is 0.620. The summed E-state index contributed by atoms with van der Waals surface area (Å²) in [6.07, 6.45) is 0. The fourth-order valence-corrected chi connectivity index (χ4v) is 2.15. The van der Waals surface area contributed by atoms with E-state index in [1.54, 1.807) is 11.0 Å². The Morgan fingerprint density at radius 1 is 1.29 bits per heavy atom. The second-order valence-electron chi connectivity index (χ2n) is 3.88. The minimum Gasteiger partial charge on any atom is -0.374 e. The van der Waals surface area contributed by atoms with Gasteiger partial charge in [0, 0.05) is 18.6 Å². The van der Waals surface area contributed by atoms with Gasteiger partial charge in [-0.1, -0.05) is 13.8 Å². The van der Waals surface area contributed by atoms with Gasteiger partial charge < -0.3 is 4.90 Å². The maximum absolute atomic E-state index is 13.7. The third kappa shape index (κ3) is 2.27. The van der Waals surface area contributed by atoms with Crippen LogP contribution in [0.4, 0.5) is 10.1 Å². The SMILES string of the molecule is CC(C)c1cc(F)c(N(C)C)c(Br)c1. The van der Waals surface area contributed by atoms with Crippen LogP contribution >= 0.6 is 15.9 Å². The monoisotopic (exact) mass is 259 g/mol. The molecule has 0 N–H and O–H groups in total. The molecule has 0 heterocycles. The van der Waals surface area contributed by atoms with Crippen LogP contribution in [0.15, 0.2) is 16.6 Å². The van der Waals surface area contributed by atoms with Crippen molar-refractivity contribution >= 4 is 21.6 Å². The summed E-state index contributed by atoms with van der Waals surface area (Å²) in [7, 11) is 3.66. The first-order chi connectivity index (χ1) is 6.43. The molecular weight excluding hydrogens is 245 g/mol. The maximum atomic E-state index is 13.7. The van der Waals surface area contributed by atoms with E-state index < -0.39 is 0 Å². The number of benzene rings is 1. The topological polar surface area (TPSA) is 3.24 Å². The lowest BCUT2D eigenvalue weighted by atomic mass is 10.0. The van der Waals surface area contributed by atoms with Gasteiger partial charge in [0.1, 0.15) is 5.82 Å². The number of rotatable bonds is 2. The van der Waals surface area contributed by atoms with E-state index in [2.05, 4.69) is 29.8 Å². The number of halogens is 2. The van der Waals surface area contributed by atoms with Gasteiger partial charge in [-0.05, 0) is 39.5 Å². The zero-order chi connectivity index (χ0) is 10.9. The molecule has 1 aromatic carbocycles. The van der Waals surface area contributed by atoms with Crippen LogP contribution in [0.2, 0.25) is 0 Å². The molecule has 0 aromatic heterocycles. The average Bonchev–Trinajstić information content (AvgIpc) is 2.01. The average molecular weight is 260 g/mol. The molecule has 0 saturated heterocycles. The molecule has 1 rings (SSSR count). The van der Waals surface area contributed by atoms with E-state index in [0.29, 0.717) is 11.6 Å². The van der Waals surface area contributed by atoms with E-state index in [1.165, 1.54) is 0 Å². The highest BCUT2D eigenvalue weighted by molar-refractivity contribution is 9.10. The van der Waals surface area contributed by atoms with Crippen molar-refractivity contribution in [2.75, 3.05) is 19.0 Å². The van der Waals surface area contributed by atoms with Crippen molar-refractivity contribution in [1.82, 2.24) is 0 Å². The van der Waals surface area contributed by atoms with Crippen LogP contribution in [0.25, 0.3) is 0 Å². The summed E-state index contributed by atoms with van der Waals surface area (Å²) in [5, 5.41) is 0. The molecule has 0 atom stereocenters. The van der Waals surface area contributed by atoms with E-state index >= 15 is 0 Å². The fraction of sp³-hybridized carbons (Fsp3) is 0.455. The Kier molecular flexibility index (Phi) is 3.53. The molecule has 3 heteroatoms. The van der Waals surface area contributed by atoms with Crippen molar-refractivity contribution in [3.05, 3.63) is 28.0 Å². The van der Waals surface area contributed by atoms with Crippen LogP contribution in [0.3, 0.4) is 0 Å². The highest BCUT2D eigenvalue weighted by Gasteiger charge is 2.12. The van der Waals surface area contributed by atoms with Gasteiger partial charge in [0.15, 0.2) is 0 Å². The number of hydrogen-bond donors (Lipinski definition) is 0. The van der Waals surface area contributed by atoms with Crippen molar-refractivity contribution in [2.24, 2.45) is 0 Å². The molecule has 0 fully saturated rings. The van der Waals surface area contributed by atoms with Gasteiger partial charge in [0.05, 0.1) is 5.69 Å². The van der Waals surface area contributed by atoms with Crippen molar-refractivity contribution < 1.29 is 4.39 Å². The first-order valence-electron chi connectivity index (χ1n) is 4.59. The predicted octanol–water partition coefficient (Wildman–Crippen LogP) is 3.78. The molecule has 0 aliphatic rings. The smallest absolute Gasteiger partial charge is 0.147 e.